The lowest BCUT2D eigenvalue weighted by Gasteiger charge is -2.28. The van der Waals surface area contributed by atoms with Crippen molar-refractivity contribution in [3.63, 3.8) is 0 Å². The van der Waals surface area contributed by atoms with Crippen LogP contribution in [-0.2, 0) is 15.3 Å². The van der Waals surface area contributed by atoms with Crippen molar-refractivity contribution in [2.45, 2.75) is 38.5 Å². The third kappa shape index (κ3) is 6.29. The average Bonchev–Trinajstić information content (AvgIpc) is 2.47. The number of hydrogen-bond acceptors (Lipinski definition) is 4. The van der Waals surface area contributed by atoms with Crippen molar-refractivity contribution >= 4 is 29.3 Å². The van der Waals surface area contributed by atoms with Crippen LogP contribution in [0.1, 0.15) is 32.8 Å². The van der Waals surface area contributed by atoms with Crippen LogP contribution in [0, 0.1) is 0 Å². The molecular weight excluding hydrogens is 306 g/mol. The Balaban J connectivity index is 2.55. The minimum atomic E-state index is -0.636. The molecule has 0 fully saturated rings. The fourth-order valence-corrected chi connectivity index (χ4v) is 3.11. The molecule has 21 heavy (non-hydrogen) atoms. The number of benzene rings is 1. The van der Waals surface area contributed by atoms with Crippen molar-refractivity contribution < 1.29 is 9.53 Å². The van der Waals surface area contributed by atoms with Crippen molar-refractivity contribution in [1.82, 2.24) is 5.32 Å². The maximum absolute atomic E-state index is 12.1. The number of esters is 1. The van der Waals surface area contributed by atoms with Gasteiger partial charge in [-0.05, 0) is 44.5 Å². The van der Waals surface area contributed by atoms with Gasteiger partial charge in [0.25, 0.3) is 0 Å². The molecule has 1 rings (SSSR count). The van der Waals surface area contributed by atoms with E-state index >= 15 is 0 Å². The molecule has 0 spiro atoms. The van der Waals surface area contributed by atoms with Crippen molar-refractivity contribution in [3.05, 3.63) is 34.9 Å². The highest BCUT2D eigenvalue weighted by Crippen LogP contribution is 2.21. The van der Waals surface area contributed by atoms with Crippen molar-refractivity contribution in [2.24, 2.45) is 0 Å². The summed E-state index contributed by atoms with van der Waals surface area (Å²) in [6.45, 7) is 7.04. The normalized spacial score (nSPS) is 13.7. The second kappa shape index (κ2) is 9.34. The zero-order valence-corrected chi connectivity index (χ0v) is 14.5. The van der Waals surface area contributed by atoms with Gasteiger partial charge in [-0.3, -0.25) is 4.79 Å². The lowest BCUT2D eigenvalue weighted by molar-refractivity contribution is -0.149. The van der Waals surface area contributed by atoms with Crippen LogP contribution in [0.3, 0.4) is 0 Å². The van der Waals surface area contributed by atoms with E-state index in [1.165, 1.54) is 5.56 Å². The van der Waals surface area contributed by atoms with Crippen LogP contribution in [-0.4, -0.2) is 30.4 Å². The first-order valence-corrected chi connectivity index (χ1v) is 8.79. The molecule has 0 saturated carbocycles. The molecule has 0 heterocycles. The van der Waals surface area contributed by atoms with E-state index in [0.717, 1.165) is 23.7 Å². The summed E-state index contributed by atoms with van der Waals surface area (Å²) in [7, 11) is 0. The van der Waals surface area contributed by atoms with E-state index in [-0.39, 0.29) is 5.97 Å². The predicted octanol–water partition coefficient (Wildman–Crippen LogP) is 3.89. The summed E-state index contributed by atoms with van der Waals surface area (Å²) in [6.07, 6.45) is 0.983. The van der Waals surface area contributed by atoms with Gasteiger partial charge in [0.05, 0.1) is 6.61 Å². The van der Waals surface area contributed by atoms with Crippen LogP contribution >= 0.6 is 23.4 Å². The number of hydrogen-bond donors (Lipinski definition) is 1. The highest BCUT2D eigenvalue weighted by Gasteiger charge is 2.33. The first-order valence-electron chi connectivity index (χ1n) is 7.26. The molecule has 1 N–H and O–H groups in total. The van der Waals surface area contributed by atoms with Gasteiger partial charge >= 0.3 is 5.97 Å². The molecule has 0 bridgehead atoms. The molecule has 1 unspecified atom stereocenters. The third-order valence-corrected chi connectivity index (χ3v) is 4.63. The first kappa shape index (κ1) is 18.3. The molecule has 0 aromatic heterocycles. The van der Waals surface area contributed by atoms with Crippen molar-refractivity contribution in [3.8, 4) is 0 Å². The number of nitrogens with one attached hydrogen (secondary N) is 1. The van der Waals surface area contributed by atoms with E-state index in [9.17, 15) is 4.79 Å². The van der Waals surface area contributed by atoms with Gasteiger partial charge in [0, 0.05) is 16.5 Å². The van der Waals surface area contributed by atoms with Gasteiger partial charge in [-0.1, -0.05) is 30.7 Å². The molecule has 1 aromatic rings. The van der Waals surface area contributed by atoms with Crippen molar-refractivity contribution in [2.75, 3.05) is 18.9 Å². The minimum absolute atomic E-state index is 0.179. The van der Waals surface area contributed by atoms with Gasteiger partial charge in [-0.15, -0.1) is 0 Å². The molecule has 0 aliphatic rings. The van der Waals surface area contributed by atoms with Gasteiger partial charge in [0.15, 0.2) is 0 Å². The lowest BCUT2D eigenvalue weighted by Crippen LogP contribution is -2.52. The SMILES string of the molecule is CCCNC(C)(CSCc1ccc(Cl)cc1)C(=O)OCC. The van der Waals surface area contributed by atoms with Crippen LogP contribution < -0.4 is 5.32 Å². The monoisotopic (exact) mass is 329 g/mol. The molecule has 0 amide bonds. The highest BCUT2D eigenvalue weighted by atomic mass is 35.5. The molecule has 1 atom stereocenters. The van der Waals surface area contributed by atoms with Gasteiger partial charge in [-0.2, -0.15) is 11.8 Å². The lowest BCUT2D eigenvalue weighted by atomic mass is 10.1. The molecule has 118 valence electrons. The number of rotatable bonds is 9. The van der Waals surface area contributed by atoms with E-state index in [0.29, 0.717) is 12.4 Å². The Morgan fingerprint density at radius 1 is 1.33 bits per heavy atom. The summed E-state index contributed by atoms with van der Waals surface area (Å²) in [5.74, 6) is 1.34. The molecule has 0 saturated heterocycles. The fraction of sp³-hybridized carbons (Fsp3) is 0.562. The van der Waals surface area contributed by atoms with Gasteiger partial charge < -0.3 is 10.1 Å². The van der Waals surface area contributed by atoms with Crippen molar-refractivity contribution in [1.29, 1.82) is 0 Å². The summed E-state index contributed by atoms with van der Waals surface area (Å²) >= 11 is 7.59. The summed E-state index contributed by atoms with van der Waals surface area (Å²) in [6, 6.07) is 7.79. The Labute approximate surface area is 136 Å². The maximum Gasteiger partial charge on any atom is 0.326 e. The van der Waals surface area contributed by atoms with Crippen LogP contribution in [0.5, 0.6) is 0 Å². The highest BCUT2D eigenvalue weighted by molar-refractivity contribution is 7.98. The Hall–Kier alpha value is -0.710. The topological polar surface area (TPSA) is 38.3 Å². The smallest absolute Gasteiger partial charge is 0.326 e. The van der Waals surface area contributed by atoms with E-state index in [4.69, 9.17) is 16.3 Å². The van der Waals surface area contributed by atoms with Gasteiger partial charge in [-0.25, -0.2) is 0 Å². The van der Waals surface area contributed by atoms with Crippen LogP contribution in [0.15, 0.2) is 24.3 Å². The number of carbonyl (C=O) groups excluding carboxylic acids is 1. The molecule has 3 nitrogen and oxygen atoms in total. The van der Waals surface area contributed by atoms with E-state index < -0.39 is 5.54 Å². The maximum atomic E-state index is 12.1. The second-order valence-corrected chi connectivity index (χ2v) is 6.52. The molecular formula is C16H24ClNO2S. The Kier molecular flexibility index (Phi) is 8.15. The second-order valence-electron chi connectivity index (χ2n) is 5.10. The molecule has 1 aromatic carbocycles. The Morgan fingerprint density at radius 3 is 2.57 bits per heavy atom. The number of ether oxygens (including phenoxy) is 1. The van der Waals surface area contributed by atoms with Crippen LogP contribution in [0.2, 0.25) is 5.02 Å². The summed E-state index contributed by atoms with van der Waals surface area (Å²) < 4.78 is 5.19. The largest absolute Gasteiger partial charge is 0.465 e. The quantitative estimate of drug-likeness (QED) is 0.697. The standard InChI is InChI=1S/C16H24ClNO2S/c1-4-10-18-16(3,15(19)20-5-2)12-21-11-13-6-8-14(17)9-7-13/h6-9,18H,4-5,10-12H2,1-3H3. The van der Waals surface area contributed by atoms with Gasteiger partial charge in [0.2, 0.25) is 0 Å². The minimum Gasteiger partial charge on any atom is -0.465 e. The molecule has 5 heteroatoms. The molecule has 0 aliphatic heterocycles. The van der Waals surface area contributed by atoms with Crippen LogP contribution in [0.4, 0.5) is 0 Å². The first-order chi connectivity index (χ1) is 10.0. The fourth-order valence-electron chi connectivity index (χ4n) is 1.83. The summed E-state index contributed by atoms with van der Waals surface area (Å²) in [5, 5.41) is 4.05. The van der Waals surface area contributed by atoms with E-state index in [1.54, 1.807) is 11.8 Å². The molecule has 0 radical (unpaired) electrons. The zero-order chi connectivity index (χ0) is 15.7. The molecule has 0 aliphatic carbocycles. The predicted molar refractivity (Wildman–Crippen MR) is 90.9 cm³/mol. The van der Waals surface area contributed by atoms with E-state index in [1.807, 2.05) is 38.1 Å². The van der Waals surface area contributed by atoms with Crippen LogP contribution in [0.25, 0.3) is 0 Å². The Morgan fingerprint density at radius 2 is 2.00 bits per heavy atom. The number of thioether (sulfide) groups is 1. The number of carbonyl (C=O) groups is 1. The van der Waals surface area contributed by atoms with Gasteiger partial charge in [0.1, 0.15) is 5.54 Å². The van der Waals surface area contributed by atoms with E-state index in [2.05, 4.69) is 12.2 Å². The Bertz CT molecular complexity index is 438. The zero-order valence-electron chi connectivity index (χ0n) is 12.9. The third-order valence-electron chi connectivity index (χ3n) is 3.06. The summed E-state index contributed by atoms with van der Waals surface area (Å²) in [4.78, 5) is 12.1. The average molecular weight is 330 g/mol. The summed E-state index contributed by atoms with van der Waals surface area (Å²) in [5.41, 5.74) is 0.564. The number of halogens is 1.